The van der Waals surface area contributed by atoms with E-state index in [1.54, 1.807) is 11.3 Å². The fourth-order valence-electron chi connectivity index (χ4n) is 1.12. The summed E-state index contributed by atoms with van der Waals surface area (Å²) >= 11 is 7.04. The third-order valence-corrected chi connectivity index (χ3v) is 4.48. The lowest BCUT2D eigenvalue weighted by Gasteiger charge is -2.04. The molecule has 0 fully saturated rings. The number of thiophene rings is 1. The third-order valence-electron chi connectivity index (χ3n) is 1.86. The zero-order valence-corrected chi connectivity index (χ0v) is 12.5. The Hall–Kier alpha value is -0.410. The van der Waals surface area contributed by atoms with Crippen LogP contribution in [0.25, 0.3) is 0 Å². The van der Waals surface area contributed by atoms with Gasteiger partial charge in [0.1, 0.15) is 9.39 Å². The first kappa shape index (κ1) is 12.1. The van der Waals surface area contributed by atoms with Crippen LogP contribution in [0.1, 0.15) is 4.88 Å². The minimum absolute atomic E-state index is 0.120. The summed E-state index contributed by atoms with van der Waals surface area (Å²) < 4.78 is 1.67. The van der Waals surface area contributed by atoms with E-state index in [0.717, 1.165) is 3.79 Å². The zero-order chi connectivity index (χ0) is 11.5. The zero-order valence-electron chi connectivity index (χ0n) is 7.96. The number of nitrogens with zero attached hydrogens (tertiary/aromatic N) is 1. The lowest BCUT2D eigenvalue weighted by Crippen LogP contribution is -2.14. The molecule has 0 saturated carbocycles. The van der Waals surface area contributed by atoms with E-state index >= 15 is 0 Å². The van der Waals surface area contributed by atoms with Gasteiger partial charge in [0.2, 0.25) is 0 Å². The number of rotatable bonds is 3. The van der Waals surface area contributed by atoms with Gasteiger partial charge in [-0.05, 0) is 50.7 Å². The minimum atomic E-state index is -0.120. The lowest BCUT2D eigenvalue weighted by atomic mass is 10.4. The Balaban J connectivity index is 2.10. The fourth-order valence-corrected chi connectivity index (χ4v) is 3.03. The number of H-pyrrole nitrogens is 1. The maximum atomic E-state index is 11.3. The highest BCUT2D eigenvalue weighted by Gasteiger charge is 2.05. The van der Waals surface area contributed by atoms with E-state index in [1.807, 2.05) is 34.7 Å². The molecule has 0 aliphatic carbocycles. The summed E-state index contributed by atoms with van der Waals surface area (Å²) in [6.07, 6.45) is 1.40. The molecule has 16 heavy (non-hydrogen) atoms. The van der Waals surface area contributed by atoms with Crippen LogP contribution in [0.3, 0.4) is 0 Å². The topological polar surface area (TPSA) is 57.8 Å². The van der Waals surface area contributed by atoms with Crippen molar-refractivity contribution < 1.29 is 0 Å². The summed E-state index contributed by atoms with van der Waals surface area (Å²) in [6.45, 7) is 0.669. The molecule has 0 spiro atoms. The van der Waals surface area contributed by atoms with Crippen molar-refractivity contribution in [2.45, 2.75) is 6.54 Å². The second-order valence-corrected chi connectivity index (χ2v) is 6.58. The molecule has 2 N–H and O–H groups in total. The predicted molar refractivity (Wildman–Crippen MR) is 76.9 cm³/mol. The van der Waals surface area contributed by atoms with E-state index < -0.39 is 0 Å². The van der Waals surface area contributed by atoms with Gasteiger partial charge in [-0.2, -0.15) is 0 Å². The van der Waals surface area contributed by atoms with Crippen molar-refractivity contribution in [1.82, 2.24) is 9.97 Å². The van der Waals surface area contributed by atoms with E-state index in [9.17, 15) is 4.79 Å². The van der Waals surface area contributed by atoms with Crippen molar-refractivity contribution in [2.75, 3.05) is 5.32 Å². The molecule has 0 amide bonds. The maximum absolute atomic E-state index is 11.3. The van der Waals surface area contributed by atoms with Crippen molar-refractivity contribution >= 4 is 55.7 Å². The fraction of sp³-hybridized carbons (Fsp3) is 0.111. The summed E-state index contributed by atoms with van der Waals surface area (Å²) in [4.78, 5) is 19.1. The van der Waals surface area contributed by atoms with Gasteiger partial charge in [0.25, 0.3) is 5.56 Å². The molecular formula is C9H7BrIN3OS. The quantitative estimate of drug-likeness (QED) is 0.763. The molecule has 0 atom stereocenters. The lowest BCUT2D eigenvalue weighted by molar-refractivity contribution is 1.06. The number of aromatic nitrogens is 2. The molecule has 2 aromatic rings. The van der Waals surface area contributed by atoms with E-state index in [4.69, 9.17) is 0 Å². The number of anilines is 1. The summed E-state index contributed by atoms with van der Waals surface area (Å²) in [6, 6.07) is 4.03. The van der Waals surface area contributed by atoms with E-state index in [2.05, 4.69) is 31.2 Å². The third kappa shape index (κ3) is 2.83. The van der Waals surface area contributed by atoms with Gasteiger partial charge in [0, 0.05) is 4.88 Å². The van der Waals surface area contributed by atoms with Gasteiger partial charge in [-0.25, -0.2) is 4.98 Å². The van der Waals surface area contributed by atoms with Gasteiger partial charge >= 0.3 is 0 Å². The molecule has 2 heterocycles. The van der Waals surface area contributed by atoms with Gasteiger partial charge in [-0.3, -0.25) is 4.79 Å². The van der Waals surface area contributed by atoms with E-state index in [0.29, 0.717) is 15.9 Å². The minimum Gasteiger partial charge on any atom is -0.364 e. The molecule has 0 bridgehead atoms. The van der Waals surface area contributed by atoms with Gasteiger partial charge in [-0.15, -0.1) is 11.3 Å². The standard InChI is InChI=1S/C9H7BrIN3OS/c10-6-2-1-5(16-6)3-12-8-7(11)9(15)14-4-13-8/h1-2,4H,3H2,(H2,12,13,14,15). The Labute approximate surface area is 118 Å². The molecule has 0 aliphatic rings. The average Bonchev–Trinajstić information content (AvgIpc) is 2.67. The van der Waals surface area contributed by atoms with Crippen LogP contribution >= 0.6 is 49.9 Å². The molecule has 2 rings (SSSR count). The SMILES string of the molecule is O=c1[nH]cnc(NCc2ccc(Br)s2)c1I. The average molecular weight is 412 g/mol. The Kier molecular flexibility index (Phi) is 3.98. The van der Waals surface area contributed by atoms with Crippen molar-refractivity contribution in [2.24, 2.45) is 0 Å². The molecule has 0 unspecified atom stereocenters. The summed E-state index contributed by atoms with van der Waals surface area (Å²) in [7, 11) is 0. The Morgan fingerprint density at radius 3 is 3.06 bits per heavy atom. The van der Waals surface area contributed by atoms with Gasteiger partial charge in [0.05, 0.1) is 16.7 Å². The summed E-state index contributed by atoms with van der Waals surface area (Å²) in [5.74, 6) is 0.619. The van der Waals surface area contributed by atoms with E-state index in [1.165, 1.54) is 11.2 Å². The van der Waals surface area contributed by atoms with Crippen LogP contribution in [-0.4, -0.2) is 9.97 Å². The van der Waals surface area contributed by atoms with Crippen molar-refractivity contribution in [3.63, 3.8) is 0 Å². The highest BCUT2D eigenvalue weighted by Crippen LogP contribution is 2.22. The molecule has 0 radical (unpaired) electrons. The van der Waals surface area contributed by atoms with Crippen molar-refractivity contribution in [3.8, 4) is 0 Å². The number of aromatic amines is 1. The molecule has 4 nitrogen and oxygen atoms in total. The van der Waals surface area contributed by atoms with Crippen LogP contribution in [0.15, 0.2) is 27.0 Å². The largest absolute Gasteiger partial charge is 0.364 e. The second-order valence-electron chi connectivity index (χ2n) is 2.95. The molecule has 2 aromatic heterocycles. The van der Waals surface area contributed by atoms with Crippen LogP contribution in [0.4, 0.5) is 5.82 Å². The smallest absolute Gasteiger partial charge is 0.266 e. The molecule has 0 aliphatic heterocycles. The first-order valence-corrected chi connectivity index (χ1v) is 7.07. The van der Waals surface area contributed by atoms with Crippen LogP contribution < -0.4 is 10.9 Å². The number of halogens is 2. The number of hydrogen-bond acceptors (Lipinski definition) is 4. The summed E-state index contributed by atoms with van der Waals surface area (Å²) in [5, 5.41) is 3.13. The Morgan fingerprint density at radius 1 is 1.56 bits per heavy atom. The molecular weight excluding hydrogens is 405 g/mol. The normalized spacial score (nSPS) is 10.4. The Bertz CT molecular complexity index is 554. The van der Waals surface area contributed by atoms with Gasteiger partial charge in [-0.1, -0.05) is 0 Å². The molecule has 0 aromatic carbocycles. The van der Waals surface area contributed by atoms with Crippen molar-refractivity contribution in [1.29, 1.82) is 0 Å². The highest BCUT2D eigenvalue weighted by molar-refractivity contribution is 14.1. The highest BCUT2D eigenvalue weighted by atomic mass is 127. The van der Waals surface area contributed by atoms with Crippen LogP contribution in [0, 0.1) is 3.57 Å². The van der Waals surface area contributed by atoms with Crippen molar-refractivity contribution in [3.05, 3.63) is 41.0 Å². The maximum Gasteiger partial charge on any atom is 0.266 e. The summed E-state index contributed by atoms with van der Waals surface area (Å²) in [5.41, 5.74) is -0.120. The van der Waals surface area contributed by atoms with Crippen LogP contribution in [0.2, 0.25) is 0 Å². The predicted octanol–water partition coefficient (Wildman–Crippen LogP) is 2.81. The molecule has 0 saturated heterocycles. The number of hydrogen-bond donors (Lipinski definition) is 2. The molecule has 7 heteroatoms. The Morgan fingerprint density at radius 2 is 2.38 bits per heavy atom. The number of nitrogens with one attached hydrogen (secondary N) is 2. The monoisotopic (exact) mass is 411 g/mol. The van der Waals surface area contributed by atoms with Crippen LogP contribution in [0.5, 0.6) is 0 Å². The van der Waals surface area contributed by atoms with Gasteiger partial charge < -0.3 is 10.3 Å². The van der Waals surface area contributed by atoms with Gasteiger partial charge in [0.15, 0.2) is 0 Å². The second kappa shape index (κ2) is 5.28. The first-order chi connectivity index (χ1) is 7.66. The van der Waals surface area contributed by atoms with Crippen LogP contribution in [-0.2, 0) is 6.54 Å². The first-order valence-electron chi connectivity index (χ1n) is 4.38. The molecule has 84 valence electrons. The van der Waals surface area contributed by atoms with E-state index in [-0.39, 0.29) is 5.56 Å².